The first kappa shape index (κ1) is 12.1. The molecule has 0 rings (SSSR count). The van der Waals surface area contributed by atoms with Crippen LogP contribution in [0.4, 0.5) is 0 Å². The van der Waals surface area contributed by atoms with Crippen molar-refractivity contribution in [3.63, 3.8) is 0 Å². The summed E-state index contributed by atoms with van der Waals surface area (Å²) in [6.45, 7) is 2.66. The van der Waals surface area contributed by atoms with Gasteiger partial charge in [0.15, 0.2) is 4.30 Å². The van der Waals surface area contributed by atoms with Crippen LogP contribution in [0.15, 0.2) is 0 Å². The van der Waals surface area contributed by atoms with E-state index in [-0.39, 0.29) is 0 Å². The quantitative estimate of drug-likeness (QED) is 0.496. The fourth-order valence-corrected chi connectivity index (χ4v) is 0.0680. The molecule has 0 saturated heterocycles. The number of hydrogen-bond acceptors (Lipinski definition) is 2. The first-order chi connectivity index (χ1) is 4.15. The maximum Gasteiger partial charge on any atom is 0.293 e. The van der Waals surface area contributed by atoms with Crippen molar-refractivity contribution in [2.45, 2.75) is 11.2 Å². The third-order valence-electron chi connectivity index (χ3n) is 0.235. The van der Waals surface area contributed by atoms with Gasteiger partial charge < -0.3 is 4.74 Å². The smallest absolute Gasteiger partial charge is 0.293 e. The van der Waals surface area contributed by atoms with E-state index in [1.54, 1.807) is 6.92 Å². The SMILES string of the molecule is CCOC=O.ClC(Cl)Cl. The van der Waals surface area contributed by atoms with Crippen LogP contribution in [-0.2, 0) is 9.53 Å². The zero-order valence-corrected chi connectivity index (χ0v) is 7.08. The molecule has 56 valence electrons. The number of halogens is 3. The Hall–Kier alpha value is 0.340. The van der Waals surface area contributed by atoms with Crippen molar-refractivity contribution in [2.75, 3.05) is 6.61 Å². The number of rotatable bonds is 2. The van der Waals surface area contributed by atoms with E-state index in [0.717, 1.165) is 0 Å². The molecule has 0 aliphatic heterocycles. The highest BCUT2D eigenvalue weighted by molar-refractivity contribution is 6.63. The van der Waals surface area contributed by atoms with Gasteiger partial charge in [0.25, 0.3) is 6.47 Å². The van der Waals surface area contributed by atoms with Gasteiger partial charge in [-0.25, -0.2) is 0 Å². The lowest BCUT2D eigenvalue weighted by molar-refractivity contribution is -0.128. The Bertz CT molecular complexity index is 55.0. The van der Waals surface area contributed by atoms with Crippen LogP contribution in [0.5, 0.6) is 0 Å². The second-order valence-corrected chi connectivity index (χ2v) is 2.78. The summed E-state index contributed by atoms with van der Waals surface area (Å²) in [5, 5.41) is 0. The number of hydrogen-bond donors (Lipinski definition) is 0. The summed E-state index contributed by atoms with van der Waals surface area (Å²) in [4.78, 5) is 9.18. The van der Waals surface area contributed by atoms with E-state index in [2.05, 4.69) is 4.74 Å². The molecular formula is C4H7Cl3O2. The van der Waals surface area contributed by atoms with Crippen molar-refractivity contribution in [1.29, 1.82) is 0 Å². The Morgan fingerprint density at radius 2 is 1.89 bits per heavy atom. The van der Waals surface area contributed by atoms with Crippen LogP contribution in [-0.4, -0.2) is 17.4 Å². The summed E-state index contributed by atoms with van der Waals surface area (Å²) in [6, 6.07) is 0. The molecule has 0 amide bonds. The molecule has 0 aromatic rings. The number of carbonyl (C=O) groups excluding carboxylic acids is 1. The van der Waals surface area contributed by atoms with Crippen molar-refractivity contribution < 1.29 is 9.53 Å². The maximum absolute atomic E-state index is 9.18. The lowest BCUT2D eigenvalue weighted by atomic mass is 10.9. The van der Waals surface area contributed by atoms with E-state index in [0.29, 0.717) is 13.1 Å². The standard InChI is InChI=1S/C3H6O2.CHCl3/c1-2-5-3-4;2-1(3)4/h3H,2H2,1H3;1H. The predicted molar refractivity (Wildman–Crippen MR) is 39.0 cm³/mol. The average molecular weight is 193 g/mol. The number of alkyl halides is 3. The molecule has 0 bridgehead atoms. The largest absolute Gasteiger partial charge is 0.468 e. The monoisotopic (exact) mass is 192 g/mol. The van der Waals surface area contributed by atoms with Gasteiger partial charge >= 0.3 is 0 Å². The Kier molecular flexibility index (Phi) is 15.0. The second-order valence-electron chi connectivity index (χ2n) is 0.799. The van der Waals surface area contributed by atoms with Crippen LogP contribution < -0.4 is 0 Å². The van der Waals surface area contributed by atoms with Crippen molar-refractivity contribution in [2.24, 2.45) is 0 Å². The van der Waals surface area contributed by atoms with Gasteiger partial charge in [0, 0.05) is 0 Å². The average Bonchev–Trinajstić information content (AvgIpc) is 1.66. The summed E-state index contributed by atoms with van der Waals surface area (Å²) in [5.74, 6) is 0. The Morgan fingerprint density at radius 3 is 1.89 bits per heavy atom. The van der Waals surface area contributed by atoms with E-state index in [4.69, 9.17) is 34.8 Å². The van der Waals surface area contributed by atoms with E-state index < -0.39 is 4.30 Å². The zero-order chi connectivity index (χ0) is 7.70. The summed E-state index contributed by atoms with van der Waals surface area (Å²) in [6.07, 6.45) is 0. The van der Waals surface area contributed by atoms with Crippen LogP contribution in [0.3, 0.4) is 0 Å². The molecule has 0 fully saturated rings. The molecule has 5 heteroatoms. The van der Waals surface area contributed by atoms with E-state index in [1.807, 2.05) is 0 Å². The highest BCUT2D eigenvalue weighted by Crippen LogP contribution is 2.03. The summed E-state index contributed by atoms with van der Waals surface area (Å²) >= 11 is 14.4. The van der Waals surface area contributed by atoms with Crippen molar-refractivity contribution in [1.82, 2.24) is 0 Å². The van der Waals surface area contributed by atoms with E-state index >= 15 is 0 Å². The molecule has 0 heterocycles. The van der Waals surface area contributed by atoms with Crippen molar-refractivity contribution in [3.05, 3.63) is 0 Å². The molecule has 0 unspecified atom stereocenters. The minimum Gasteiger partial charge on any atom is -0.468 e. The molecule has 0 atom stereocenters. The zero-order valence-electron chi connectivity index (χ0n) is 4.81. The molecule has 9 heavy (non-hydrogen) atoms. The second kappa shape index (κ2) is 11.2. The molecule has 0 aromatic carbocycles. The molecule has 2 nitrogen and oxygen atoms in total. The molecule has 0 N–H and O–H groups in total. The summed E-state index contributed by atoms with van der Waals surface area (Å²) in [7, 11) is 0. The molecular weight excluding hydrogens is 186 g/mol. The van der Waals surface area contributed by atoms with Gasteiger partial charge in [-0.15, -0.1) is 0 Å². The van der Waals surface area contributed by atoms with Crippen LogP contribution in [0, 0.1) is 0 Å². The fraction of sp³-hybridized carbons (Fsp3) is 0.750. The summed E-state index contributed by atoms with van der Waals surface area (Å²) in [5.41, 5.74) is 0. The van der Waals surface area contributed by atoms with Gasteiger partial charge in [-0.1, -0.05) is 34.8 Å². The van der Waals surface area contributed by atoms with Gasteiger partial charge in [0.1, 0.15) is 0 Å². The van der Waals surface area contributed by atoms with E-state index in [1.165, 1.54) is 0 Å². The third-order valence-corrected chi connectivity index (χ3v) is 0.235. The van der Waals surface area contributed by atoms with Crippen molar-refractivity contribution in [3.8, 4) is 0 Å². The minimum atomic E-state index is -0.750. The van der Waals surface area contributed by atoms with Gasteiger partial charge in [-0.2, -0.15) is 0 Å². The molecule has 0 spiro atoms. The summed E-state index contributed by atoms with van der Waals surface area (Å²) < 4.78 is 3.40. The molecule has 0 radical (unpaired) electrons. The minimum absolute atomic E-state index is 0.431. The molecule has 0 aliphatic carbocycles. The van der Waals surface area contributed by atoms with Gasteiger partial charge in [0.2, 0.25) is 0 Å². The Labute approximate surface area is 69.0 Å². The molecule has 0 saturated carbocycles. The molecule has 0 aromatic heterocycles. The van der Waals surface area contributed by atoms with Crippen LogP contribution in [0.2, 0.25) is 0 Å². The van der Waals surface area contributed by atoms with Gasteiger partial charge in [-0.3, -0.25) is 4.79 Å². The molecule has 0 aliphatic rings. The number of carbonyl (C=O) groups is 1. The highest BCUT2D eigenvalue weighted by Gasteiger charge is 1.78. The van der Waals surface area contributed by atoms with Crippen LogP contribution in [0.1, 0.15) is 6.92 Å². The van der Waals surface area contributed by atoms with Crippen molar-refractivity contribution >= 4 is 41.3 Å². The third kappa shape index (κ3) is 61.2. The van der Waals surface area contributed by atoms with Gasteiger partial charge in [-0.05, 0) is 6.92 Å². The highest BCUT2D eigenvalue weighted by atomic mass is 35.6. The van der Waals surface area contributed by atoms with E-state index in [9.17, 15) is 4.79 Å². The Balaban J connectivity index is 0. The topological polar surface area (TPSA) is 26.3 Å². The first-order valence-electron chi connectivity index (χ1n) is 2.12. The normalized spacial score (nSPS) is 7.67. The number of ether oxygens (including phenoxy) is 1. The lowest BCUT2D eigenvalue weighted by Crippen LogP contribution is -1.80. The fourth-order valence-electron chi connectivity index (χ4n) is 0.0680. The van der Waals surface area contributed by atoms with Gasteiger partial charge in [0.05, 0.1) is 6.61 Å². The maximum atomic E-state index is 9.18. The van der Waals surface area contributed by atoms with Crippen LogP contribution >= 0.6 is 34.8 Å². The van der Waals surface area contributed by atoms with Crippen LogP contribution in [0.25, 0.3) is 0 Å². The Morgan fingerprint density at radius 1 is 1.56 bits per heavy atom. The first-order valence-corrected chi connectivity index (χ1v) is 3.43. The lowest BCUT2D eigenvalue weighted by Gasteiger charge is -1.79. The predicted octanol–water partition coefficient (Wildman–Crippen LogP) is 2.17.